The largest absolute Gasteiger partial charge is 0.573 e. The molecule has 1 aliphatic carbocycles. The quantitative estimate of drug-likeness (QED) is 0.419. The number of fused-ring (bicyclic) bond motifs is 5. The number of hydrogen-bond donors (Lipinski definition) is 2. The van der Waals surface area contributed by atoms with E-state index in [0.29, 0.717) is 35.5 Å². The number of thiophene rings is 1. The molecule has 2 bridgehead atoms. The molecule has 3 fully saturated rings. The van der Waals surface area contributed by atoms with Gasteiger partial charge in [-0.15, -0.1) is 36.3 Å². The molecule has 1 aromatic carbocycles. The number of hydrogen-bond acceptors (Lipinski definition) is 9. The number of benzene rings is 1. The van der Waals surface area contributed by atoms with E-state index in [9.17, 15) is 18.0 Å². The van der Waals surface area contributed by atoms with E-state index in [0.717, 1.165) is 46.1 Å². The average molecular weight is 563 g/mol. The molecule has 38 heavy (non-hydrogen) atoms. The Hall–Kier alpha value is -3.03. The van der Waals surface area contributed by atoms with Gasteiger partial charge >= 0.3 is 6.36 Å². The number of carbonyl (C=O) groups excluding carboxylic acids is 1. The number of nitrogens with zero attached hydrogens (tertiary/aromatic N) is 4. The lowest BCUT2D eigenvalue weighted by Crippen LogP contribution is -2.67. The zero-order valence-corrected chi connectivity index (χ0v) is 22.3. The highest BCUT2D eigenvalue weighted by Gasteiger charge is 2.42. The van der Waals surface area contributed by atoms with Gasteiger partial charge in [-0.25, -0.2) is 9.97 Å². The Labute approximate surface area is 225 Å². The number of piperazine rings is 1. The Balaban J connectivity index is 1.36. The van der Waals surface area contributed by atoms with E-state index in [4.69, 9.17) is 10.7 Å². The highest BCUT2D eigenvalue weighted by atomic mass is 32.2. The van der Waals surface area contributed by atoms with Crippen molar-refractivity contribution in [3.63, 3.8) is 0 Å². The summed E-state index contributed by atoms with van der Waals surface area (Å²) < 4.78 is 44.9. The lowest BCUT2D eigenvalue weighted by Gasteiger charge is -2.55. The molecule has 3 saturated heterocycles. The van der Waals surface area contributed by atoms with Crippen molar-refractivity contribution in [2.45, 2.75) is 41.9 Å². The minimum Gasteiger partial charge on any atom is -0.404 e. The van der Waals surface area contributed by atoms with Gasteiger partial charge < -0.3 is 20.7 Å². The molecule has 7 rings (SSSR count). The van der Waals surface area contributed by atoms with E-state index in [1.807, 2.05) is 6.26 Å². The summed E-state index contributed by atoms with van der Waals surface area (Å²) >= 11 is 2.84. The molecule has 3 aliphatic heterocycles. The predicted octanol–water partition coefficient (Wildman–Crippen LogP) is 4.66. The van der Waals surface area contributed by atoms with Gasteiger partial charge in [0.05, 0.1) is 20.5 Å². The third kappa shape index (κ3) is 4.46. The fourth-order valence-electron chi connectivity index (χ4n) is 5.54. The number of likely N-dealkylation sites (N-methyl/N-ethyl adjacent to an activating group) is 1. The van der Waals surface area contributed by atoms with E-state index in [2.05, 4.69) is 31.9 Å². The molecule has 0 saturated carbocycles. The predicted molar refractivity (Wildman–Crippen MR) is 142 cm³/mol. The number of rotatable bonds is 6. The van der Waals surface area contributed by atoms with Crippen LogP contribution in [0.1, 0.15) is 27.2 Å². The molecule has 1 amide bonds. The van der Waals surface area contributed by atoms with Gasteiger partial charge in [0.25, 0.3) is 5.91 Å². The Morgan fingerprint density at radius 1 is 1.26 bits per heavy atom. The highest BCUT2D eigenvalue weighted by molar-refractivity contribution is 8.00. The van der Waals surface area contributed by atoms with Crippen LogP contribution in [0.25, 0.3) is 11.3 Å². The number of alkyl halides is 3. The van der Waals surface area contributed by atoms with Crippen molar-refractivity contribution < 1.29 is 22.7 Å². The van der Waals surface area contributed by atoms with Crippen molar-refractivity contribution in [1.82, 2.24) is 14.9 Å². The first-order chi connectivity index (χ1) is 18.1. The van der Waals surface area contributed by atoms with Gasteiger partial charge in [0, 0.05) is 42.6 Å². The second-order valence-corrected chi connectivity index (χ2v) is 11.8. The zero-order chi connectivity index (χ0) is 26.8. The number of carbonyl (C=O) groups is 1. The minimum atomic E-state index is -4.85. The number of ether oxygens (including phenoxy) is 1. The van der Waals surface area contributed by atoms with E-state index in [1.54, 1.807) is 18.3 Å². The standard InChI is InChI=1S/C25H25F3N6O2S2/c1-33-14-7-15(33)11-34(10-14)13-4-6-18(36-25(26,27)28)17(8-13)31-24-30-9-12-3-5-16-19(20(12)32-24)23(37-2)38-21(16)22(29)35/h4,6,8-9,14-15H,3,5,7,10-11H2,1-2H3,(H2,29,35)(H,30,31,32). The number of anilines is 3. The van der Waals surface area contributed by atoms with Crippen LogP contribution in [0.3, 0.4) is 0 Å². The molecule has 13 heteroatoms. The second kappa shape index (κ2) is 9.31. The molecule has 2 unspecified atom stereocenters. The summed E-state index contributed by atoms with van der Waals surface area (Å²) in [4.78, 5) is 26.2. The molecular weight excluding hydrogens is 537 g/mol. The van der Waals surface area contributed by atoms with Gasteiger partial charge in [0.1, 0.15) is 0 Å². The number of aromatic nitrogens is 2. The van der Waals surface area contributed by atoms with Crippen LogP contribution < -0.4 is 20.7 Å². The van der Waals surface area contributed by atoms with Crippen LogP contribution in [-0.2, 0) is 12.8 Å². The van der Waals surface area contributed by atoms with Gasteiger partial charge in [-0.3, -0.25) is 9.69 Å². The van der Waals surface area contributed by atoms with Crippen molar-refractivity contribution >= 4 is 46.3 Å². The Bertz CT molecular complexity index is 1420. The number of nitrogens with one attached hydrogen (secondary N) is 1. The molecule has 5 heterocycles. The van der Waals surface area contributed by atoms with E-state index in [-0.39, 0.29) is 17.4 Å². The van der Waals surface area contributed by atoms with Gasteiger partial charge in [-0.2, -0.15) is 0 Å². The van der Waals surface area contributed by atoms with Crippen LogP contribution in [0.5, 0.6) is 5.75 Å². The number of halogens is 3. The lowest BCUT2D eigenvalue weighted by molar-refractivity contribution is -0.274. The van der Waals surface area contributed by atoms with Crippen molar-refractivity contribution in [3.05, 3.63) is 40.4 Å². The molecule has 3 aromatic rings. The third-order valence-corrected chi connectivity index (χ3v) is 9.85. The van der Waals surface area contributed by atoms with E-state index in [1.165, 1.54) is 29.2 Å². The smallest absolute Gasteiger partial charge is 0.404 e. The Kier molecular flexibility index (Phi) is 6.19. The van der Waals surface area contributed by atoms with Crippen molar-refractivity contribution in [3.8, 4) is 17.0 Å². The lowest BCUT2D eigenvalue weighted by atomic mass is 9.88. The van der Waals surface area contributed by atoms with Gasteiger partial charge in [-0.05, 0) is 61.9 Å². The van der Waals surface area contributed by atoms with Gasteiger partial charge in [0.2, 0.25) is 5.95 Å². The topological polar surface area (TPSA) is 96.6 Å². The van der Waals surface area contributed by atoms with Crippen LogP contribution >= 0.6 is 23.1 Å². The number of nitrogens with two attached hydrogens (primary N) is 1. The fourth-order valence-corrected chi connectivity index (χ4v) is 7.49. The second-order valence-electron chi connectivity index (χ2n) is 9.68. The Morgan fingerprint density at radius 3 is 2.68 bits per heavy atom. The molecule has 3 N–H and O–H groups in total. The van der Waals surface area contributed by atoms with E-state index < -0.39 is 12.3 Å². The molecule has 2 atom stereocenters. The number of primary amides is 1. The SMILES string of the molecule is CSc1sc(C(N)=O)c2c1-c1nc(Nc3cc(N4CC5CC(C4)N5C)ccc3OC(F)(F)F)ncc1CC2. The first-order valence-electron chi connectivity index (χ1n) is 12.1. The maximum Gasteiger partial charge on any atom is 0.573 e. The van der Waals surface area contributed by atoms with Crippen molar-refractivity contribution in [2.75, 3.05) is 36.6 Å². The summed E-state index contributed by atoms with van der Waals surface area (Å²) in [5, 5.41) is 2.97. The van der Waals surface area contributed by atoms with Gasteiger partial charge in [0.15, 0.2) is 5.75 Å². The van der Waals surface area contributed by atoms with Crippen molar-refractivity contribution in [1.29, 1.82) is 0 Å². The summed E-state index contributed by atoms with van der Waals surface area (Å²) in [7, 11) is 2.10. The summed E-state index contributed by atoms with van der Waals surface area (Å²) in [5.74, 6) is -0.700. The van der Waals surface area contributed by atoms with Crippen molar-refractivity contribution in [2.24, 2.45) is 5.73 Å². The number of piperidine rings is 1. The van der Waals surface area contributed by atoms with E-state index >= 15 is 0 Å². The van der Waals surface area contributed by atoms with Crippen LogP contribution in [0.15, 0.2) is 28.6 Å². The molecule has 8 nitrogen and oxygen atoms in total. The number of amides is 1. The molecule has 4 aliphatic rings. The minimum absolute atomic E-state index is 0.122. The Morgan fingerprint density at radius 2 is 2.03 bits per heavy atom. The highest BCUT2D eigenvalue weighted by Crippen LogP contribution is 2.46. The van der Waals surface area contributed by atoms with Gasteiger partial charge in [-0.1, -0.05) is 0 Å². The number of aryl methyl sites for hydroxylation is 1. The maximum atomic E-state index is 13.2. The summed E-state index contributed by atoms with van der Waals surface area (Å²) in [5.41, 5.74) is 9.82. The molecule has 0 radical (unpaired) electrons. The summed E-state index contributed by atoms with van der Waals surface area (Å²) in [6.45, 7) is 1.61. The monoisotopic (exact) mass is 562 g/mol. The zero-order valence-electron chi connectivity index (χ0n) is 20.6. The van der Waals surface area contributed by atoms with Crippen LogP contribution in [0.4, 0.5) is 30.5 Å². The summed E-state index contributed by atoms with van der Waals surface area (Å²) in [6.07, 6.45) is 1.16. The molecular formula is C25H25F3N6O2S2. The van der Waals surface area contributed by atoms with Crippen LogP contribution in [0, 0.1) is 0 Å². The average Bonchev–Trinajstić information content (AvgIpc) is 3.28. The van der Waals surface area contributed by atoms with Crippen LogP contribution in [0.2, 0.25) is 0 Å². The maximum absolute atomic E-state index is 13.2. The first kappa shape index (κ1) is 25.3. The molecule has 0 spiro atoms. The number of thioether (sulfide) groups is 1. The third-order valence-electron chi connectivity index (χ3n) is 7.49. The summed E-state index contributed by atoms with van der Waals surface area (Å²) in [6, 6.07) is 5.52. The van der Waals surface area contributed by atoms with Crippen LogP contribution in [-0.4, -0.2) is 65.6 Å². The fraction of sp³-hybridized carbons (Fsp3) is 0.400. The molecule has 200 valence electrons. The normalized spacial score (nSPS) is 20.4. The molecule has 2 aromatic heterocycles. The first-order valence-corrected chi connectivity index (χ1v) is 14.1.